The number of terminal acetylenes is 1. The van der Waals surface area contributed by atoms with Crippen LogP contribution < -0.4 is 0 Å². The molecule has 0 atom stereocenters. The highest BCUT2D eigenvalue weighted by Gasteiger charge is 1.69. The van der Waals surface area contributed by atoms with Crippen molar-refractivity contribution in [1.29, 1.82) is 0 Å². The average Bonchev–Trinajstić information content (AvgIpc) is 1.61. The Morgan fingerprint density at radius 2 is 2.50 bits per heavy atom. The molecule has 0 aromatic carbocycles. The minimum absolute atomic E-state index is 0.739. The van der Waals surface area contributed by atoms with Gasteiger partial charge in [-0.05, 0) is 0 Å². The van der Waals surface area contributed by atoms with Crippen LogP contribution in [0.1, 0.15) is 6.42 Å². The predicted molar refractivity (Wildman–Crippen MR) is 29.3 cm³/mol. The van der Waals surface area contributed by atoms with Gasteiger partial charge in [0, 0.05) is 13.0 Å². The summed E-state index contributed by atoms with van der Waals surface area (Å²) in [5, 5.41) is 0. The zero-order valence-electron chi connectivity index (χ0n) is 3.90. The van der Waals surface area contributed by atoms with Crippen molar-refractivity contribution in [3.8, 4) is 12.3 Å². The Morgan fingerprint density at radius 3 is 2.67 bits per heavy atom. The maximum Gasteiger partial charge on any atom is 0.146 e. The van der Waals surface area contributed by atoms with Crippen LogP contribution in [0.5, 0.6) is 0 Å². The highest BCUT2D eigenvalue weighted by molar-refractivity contribution is 5.97. The van der Waals surface area contributed by atoms with Gasteiger partial charge in [-0.1, -0.05) is 0 Å². The van der Waals surface area contributed by atoms with Gasteiger partial charge in [-0.15, -0.1) is 12.3 Å². The molecule has 34 valence electrons. The first-order valence-corrected chi connectivity index (χ1v) is 2.66. The van der Waals surface area contributed by atoms with Gasteiger partial charge in [-0.25, -0.2) is 0 Å². The van der Waals surface area contributed by atoms with E-state index >= 15 is 0 Å². The van der Waals surface area contributed by atoms with Gasteiger partial charge in [0.05, 0.1) is 0 Å². The molecule has 0 saturated heterocycles. The van der Waals surface area contributed by atoms with Gasteiger partial charge in [-0.3, -0.25) is 0 Å². The first-order chi connectivity index (χ1) is 2.91. The van der Waals surface area contributed by atoms with E-state index in [9.17, 15) is 0 Å². The molecule has 0 aliphatic rings. The lowest BCUT2D eigenvalue weighted by Gasteiger charge is -1.85. The molecule has 1 nitrogen and oxygen atoms in total. The lowest BCUT2D eigenvalue weighted by atomic mass is 10.5. The fourth-order valence-corrected chi connectivity index (χ4v) is 0.365. The average molecular weight is 100 g/mol. The number of rotatable bonds is 2. The molecule has 0 aliphatic carbocycles. The van der Waals surface area contributed by atoms with Gasteiger partial charge in [0.1, 0.15) is 10.5 Å². The van der Waals surface area contributed by atoms with Crippen molar-refractivity contribution in [2.24, 2.45) is 0 Å². The third-order valence-electron chi connectivity index (χ3n) is 0.451. The summed E-state index contributed by atoms with van der Waals surface area (Å²) in [6.45, 7) is 0.739. The Labute approximate surface area is 41.2 Å². The zero-order chi connectivity index (χ0) is 4.83. The normalized spacial score (nSPS) is 7.83. The van der Waals surface area contributed by atoms with E-state index in [1.165, 1.54) is 0 Å². The Hall–Kier alpha value is -0.263. The van der Waals surface area contributed by atoms with Crippen LogP contribution in [0.25, 0.3) is 0 Å². The highest BCUT2D eigenvalue weighted by atomic mass is 28.2. The first-order valence-electron chi connectivity index (χ1n) is 1.84. The van der Waals surface area contributed by atoms with E-state index in [0.29, 0.717) is 0 Å². The van der Waals surface area contributed by atoms with Crippen LogP contribution in [0.3, 0.4) is 0 Å². The maximum atomic E-state index is 4.90. The Balaban J connectivity index is 2.54. The largest absolute Gasteiger partial charge is 0.427 e. The molecule has 6 heavy (non-hydrogen) atoms. The fraction of sp³-hybridized carbons (Fsp3) is 0.500. The van der Waals surface area contributed by atoms with Crippen molar-refractivity contribution in [2.45, 2.75) is 6.42 Å². The van der Waals surface area contributed by atoms with E-state index in [0.717, 1.165) is 23.5 Å². The Morgan fingerprint density at radius 1 is 1.83 bits per heavy atom. The second-order valence-electron chi connectivity index (χ2n) is 0.947. The van der Waals surface area contributed by atoms with E-state index in [4.69, 9.17) is 10.8 Å². The van der Waals surface area contributed by atoms with Crippen molar-refractivity contribution in [3.05, 3.63) is 0 Å². The molecule has 0 aromatic rings. The molecule has 0 aromatic heterocycles. The molecule has 0 fully saturated rings. The summed E-state index contributed by atoms with van der Waals surface area (Å²) in [4.78, 5) is 0. The quantitative estimate of drug-likeness (QED) is 0.253. The Kier molecular flexibility index (Phi) is 4.53. The molecule has 0 bridgehead atoms. The van der Waals surface area contributed by atoms with Crippen LogP contribution in [-0.2, 0) is 4.43 Å². The van der Waals surface area contributed by atoms with E-state index < -0.39 is 0 Å². The fourth-order valence-electron chi connectivity index (χ4n) is 0.161. The SMILES string of the molecule is C#CCCO[SiH3]. The van der Waals surface area contributed by atoms with Crippen molar-refractivity contribution >= 4 is 10.5 Å². The maximum absolute atomic E-state index is 4.90. The monoisotopic (exact) mass is 100 g/mol. The second-order valence-corrected chi connectivity index (χ2v) is 1.52. The van der Waals surface area contributed by atoms with Crippen molar-refractivity contribution in [2.75, 3.05) is 6.61 Å². The van der Waals surface area contributed by atoms with Crippen LogP contribution in [0.4, 0.5) is 0 Å². The van der Waals surface area contributed by atoms with Gasteiger partial charge in [0.2, 0.25) is 0 Å². The molecule has 0 aliphatic heterocycles. The molecule has 0 amide bonds. The third-order valence-corrected chi connectivity index (χ3v) is 0.859. The summed E-state index contributed by atoms with van der Waals surface area (Å²) in [7, 11) is 0.808. The van der Waals surface area contributed by atoms with Gasteiger partial charge in [0.25, 0.3) is 0 Å². The van der Waals surface area contributed by atoms with Crippen molar-refractivity contribution < 1.29 is 4.43 Å². The molecule has 0 N–H and O–H groups in total. The summed E-state index contributed by atoms with van der Waals surface area (Å²) in [6.07, 6.45) is 5.65. The molecular formula is C4H8OSi. The second kappa shape index (κ2) is 4.74. The van der Waals surface area contributed by atoms with Crippen LogP contribution in [0.2, 0.25) is 0 Å². The van der Waals surface area contributed by atoms with Gasteiger partial charge < -0.3 is 4.43 Å². The minimum atomic E-state index is 0.739. The van der Waals surface area contributed by atoms with Crippen molar-refractivity contribution in [1.82, 2.24) is 0 Å². The molecule has 0 heterocycles. The molecule has 0 radical (unpaired) electrons. The predicted octanol–water partition coefficient (Wildman–Crippen LogP) is -0.693. The van der Waals surface area contributed by atoms with E-state index in [2.05, 4.69) is 5.92 Å². The van der Waals surface area contributed by atoms with Gasteiger partial charge in [-0.2, -0.15) is 0 Å². The highest BCUT2D eigenvalue weighted by Crippen LogP contribution is 1.70. The summed E-state index contributed by atoms with van der Waals surface area (Å²) in [6, 6.07) is 0. The van der Waals surface area contributed by atoms with E-state index in [1.54, 1.807) is 0 Å². The Bertz CT molecular complexity index is 55.1. The third kappa shape index (κ3) is 3.74. The summed E-state index contributed by atoms with van der Waals surface area (Å²) < 4.78 is 4.78. The van der Waals surface area contributed by atoms with Crippen LogP contribution >= 0.6 is 0 Å². The summed E-state index contributed by atoms with van der Waals surface area (Å²) in [5.74, 6) is 2.47. The van der Waals surface area contributed by atoms with Gasteiger partial charge in [0.15, 0.2) is 0 Å². The minimum Gasteiger partial charge on any atom is -0.427 e. The van der Waals surface area contributed by atoms with Gasteiger partial charge >= 0.3 is 0 Å². The number of hydrogen-bond acceptors (Lipinski definition) is 1. The number of hydrogen-bond donors (Lipinski definition) is 0. The van der Waals surface area contributed by atoms with E-state index in [-0.39, 0.29) is 0 Å². The van der Waals surface area contributed by atoms with Crippen molar-refractivity contribution in [3.63, 3.8) is 0 Å². The smallest absolute Gasteiger partial charge is 0.146 e. The molecule has 0 unspecified atom stereocenters. The molecule has 0 saturated carbocycles. The molecule has 0 rings (SSSR count). The van der Waals surface area contributed by atoms with Crippen LogP contribution in [0, 0.1) is 12.3 Å². The first kappa shape index (κ1) is 5.74. The standard InChI is InChI=1S/C4H8OSi/c1-2-3-4-5-6/h1H,3-4H2,6H3. The summed E-state index contributed by atoms with van der Waals surface area (Å²) in [5.41, 5.74) is 0. The lowest BCUT2D eigenvalue weighted by Crippen LogP contribution is -1.84. The van der Waals surface area contributed by atoms with E-state index in [1.807, 2.05) is 0 Å². The zero-order valence-corrected chi connectivity index (χ0v) is 5.90. The van der Waals surface area contributed by atoms with Crippen LogP contribution in [-0.4, -0.2) is 17.1 Å². The van der Waals surface area contributed by atoms with Crippen LogP contribution in [0.15, 0.2) is 0 Å². The lowest BCUT2D eigenvalue weighted by molar-refractivity contribution is 0.360. The molecule has 0 spiro atoms. The summed E-state index contributed by atoms with van der Waals surface area (Å²) >= 11 is 0. The topological polar surface area (TPSA) is 9.23 Å². The molecular weight excluding hydrogens is 92.1 g/mol. The molecule has 2 heteroatoms.